The van der Waals surface area contributed by atoms with Crippen LogP contribution in [0.2, 0.25) is 5.02 Å². The highest BCUT2D eigenvalue weighted by Gasteiger charge is 2.61. The predicted octanol–water partition coefficient (Wildman–Crippen LogP) is 3.34. The second-order valence-corrected chi connectivity index (χ2v) is 11.3. The number of ether oxygens (including phenoxy) is 4. The van der Waals surface area contributed by atoms with Crippen LogP contribution in [-0.4, -0.2) is 82.5 Å². The molecule has 46 heavy (non-hydrogen) atoms. The number of carbonyl (C=O) groups excluding carboxylic acids is 3. The molecule has 2 aromatic carbocycles. The Hall–Kier alpha value is -4.98. The first-order chi connectivity index (χ1) is 22.0. The van der Waals surface area contributed by atoms with Gasteiger partial charge in [0.25, 0.3) is 0 Å². The number of rotatable bonds is 11. The zero-order valence-electron chi connectivity index (χ0n) is 25.8. The average molecular weight is 656 g/mol. The Morgan fingerprint density at radius 1 is 1.13 bits per heavy atom. The van der Waals surface area contributed by atoms with E-state index in [-0.39, 0.29) is 64.3 Å². The van der Waals surface area contributed by atoms with Gasteiger partial charge in [-0.25, -0.2) is 4.68 Å². The number of phenols is 1. The van der Waals surface area contributed by atoms with Gasteiger partial charge < -0.3 is 39.8 Å². The Morgan fingerprint density at radius 3 is 2.50 bits per heavy atom. The van der Waals surface area contributed by atoms with Gasteiger partial charge in [0.15, 0.2) is 28.8 Å². The van der Waals surface area contributed by atoms with Crippen molar-refractivity contribution in [3.63, 3.8) is 0 Å². The number of fused-ring (bicyclic) bond motifs is 1. The summed E-state index contributed by atoms with van der Waals surface area (Å²) < 4.78 is 23.9. The number of aliphatic hydroxyl groups excluding tert-OH is 1. The number of methoxy groups -OCH3 is 3. The van der Waals surface area contributed by atoms with Crippen molar-refractivity contribution in [1.82, 2.24) is 20.1 Å². The lowest BCUT2D eigenvalue weighted by Crippen LogP contribution is -2.53. The SMILES string of the molecule is COc1cc(C(CC(=O)NCCNc2ncnn2C)C2=C(O)C3(Oc4c(Cl)c(OC)cc(OC)c4C3=O)C(C)CC2=O)ccc1O. The predicted molar refractivity (Wildman–Crippen MR) is 165 cm³/mol. The third-order valence-electron chi connectivity index (χ3n) is 8.30. The van der Waals surface area contributed by atoms with Crippen molar-refractivity contribution in [2.24, 2.45) is 13.0 Å². The molecular weight excluding hydrogens is 622 g/mol. The lowest BCUT2D eigenvalue weighted by molar-refractivity contribution is -0.121. The molecule has 244 valence electrons. The monoisotopic (exact) mass is 655 g/mol. The maximum Gasteiger partial charge on any atom is 0.231 e. The summed E-state index contributed by atoms with van der Waals surface area (Å²) in [6, 6.07) is 5.78. The fourth-order valence-electron chi connectivity index (χ4n) is 5.93. The van der Waals surface area contributed by atoms with Gasteiger partial charge in [-0.05, 0) is 17.7 Å². The number of benzene rings is 2. The highest BCUT2D eigenvalue weighted by atomic mass is 35.5. The minimum atomic E-state index is -2.04. The number of nitrogens with one attached hydrogen (secondary N) is 2. The molecule has 3 atom stereocenters. The number of allylic oxidation sites excluding steroid dienone is 1. The Morgan fingerprint density at radius 2 is 1.85 bits per heavy atom. The van der Waals surface area contributed by atoms with Crippen molar-refractivity contribution < 1.29 is 43.5 Å². The first-order valence-electron chi connectivity index (χ1n) is 14.3. The molecular formula is C31H34ClN5O9. The van der Waals surface area contributed by atoms with E-state index in [9.17, 15) is 24.6 Å². The standard InChI is InChI=1S/C31H34ClN5O9/c1-15-10-19(39)24(28(41)31(15)29(42)25-21(44-4)13-22(45-5)26(32)27(25)46-31)17(16-6-7-18(38)20(11-16)43-3)12-23(40)33-8-9-34-30-35-14-36-37(30)2/h6-7,11,13-15,17,38,41H,8-10,12H2,1-5H3,(H,33,40)(H,34,35,36). The molecule has 2 heterocycles. The van der Waals surface area contributed by atoms with Crippen molar-refractivity contribution in [3.05, 3.63) is 58.1 Å². The van der Waals surface area contributed by atoms with Crippen LogP contribution in [0.5, 0.6) is 28.7 Å². The van der Waals surface area contributed by atoms with Crippen LogP contribution >= 0.6 is 11.6 Å². The zero-order valence-corrected chi connectivity index (χ0v) is 26.6. The fraction of sp³-hybridized carbons (Fsp3) is 0.387. The molecule has 14 nitrogen and oxygen atoms in total. The number of anilines is 1. The van der Waals surface area contributed by atoms with Crippen molar-refractivity contribution in [2.75, 3.05) is 39.7 Å². The van der Waals surface area contributed by atoms with Crippen LogP contribution in [0.15, 0.2) is 41.9 Å². The van der Waals surface area contributed by atoms with Gasteiger partial charge in [0.2, 0.25) is 23.2 Å². The molecule has 3 aromatic rings. The number of amides is 1. The molecule has 1 aromatic heterocycles. The van der Waals surface area contributed by atoms with E-state index in [4.69, 9.17) is 30.5 Å². The second kappa shape index (κ2) is 12.8. The number of nitrogens with zero attached hydrogens (tertiary/aromatic N) is 3. The van der Waals surface area contributed by atoms with Gasteiger partial charge in [0.1, 0.15) is 28.4 Å². The van der Waals surface area contributed by atoms with E-state index >= 15 is 0 Å². The summed E-state index contributed by atoms with van der Waals surface area (Å²) >= 11 is 6.56. The summed E-state index contributed by atoms with van der Waals surface area (Å²) in [6.07, 6.45) is 0.905. The Balaban J connectivity index is 1.55. The Labute approximate surface area is 269 Å². The lowest BCUT2D eigenvalue weighted by atomic mass is 9.69. The van der Waals surface area contributed by atoms with Crippen molar-refractivity contribution in [3.8, 4) is 28.7 Å². The molecule has 0 radical (unpaired) electrons. The zero-order chi connectivity index (χ0) is 33.3. The van der Waals surface area contributed by atoms with Crippen LogP contribution in [0, 0.1) is 5.92 Å². The number of halogens is 1. The summed E-state index contributed by atoms with van der Waals surface area (Å²) in [7, 11) is 5.84. The van der Waals surface area contributed by atoms with E-state index in [1.54, 1.807) is 18.7 Å². The molecule has 1 spiro atoms. The fourth-order valence-corrected chi connectivity index (χ4v) is 6.19. The molecule has 1 aliphatic heterocycles. The highest BCUT2D eigenvalue weighted by molar-refractivity contribution is 6.35. The number of aryl methyl sites for hydroxylation is 1. The van der Waals surface area contributed by atoms with Gasteiger partial charge in [-0.3, -0.25) is 14.4 Å². The first-order valence-corrected chi connectivity index (χ1v) is 14.7. The number of hydrogen-bond acceptors (Lipinski definition) is 12. The van der Waals surface area contributed by atoms with Gasteiger partial charge in [-0.2, -0.15) is 10.1 Å². The minimum absolute atomic E-state index is 0.00333. The molecule has 2 aliphatic rings. The lowest BCUT2D eigenvalue weighted by Gasteiger charge is -2.38. The smallest absolute Gasteiger partial charge is 0.231 e. The summed E-state index contributed by atoms with van der Waals surface area (Å²) in [5.74, 6) is -3.42. The van der Waals surface area contributed by atoms with Crippen molar-refractivity contribution in [1.29, 1.82) is 0 Å². The van der Waals surface area contributed by atoms with E-state index in [0.717, 1.165) is 0 Å². The third-order valence-corrected chi connectivity index (χ3v) is 8.66. The van der Waals surface area contributed by atoms with Crippen LogP contribution in [0.3, 0.4) is 0 Å². The number of aromatic nitrogens is 3. The van der Waals surface area contributed by atoms with E-state index < -0.39 is 40.7 Å². The van der Waals surface area contributed by atoms with Gasteiger partial charge >= 0.3 is 0 Å². The molecule has 1 amide bonds. The van der Waals surface area contributed by atoms with Crippen LogP contribution in [0.1, 0.15) is 41.6 Å². The normalized spacial score (nSPS) is 19.5. The van der Waals surface area contributed by atoms with E-state index in [1.807, 2.05) is 0 Å². The summed E-state index contributed by atoms with van der Waals surface area (Å²) in [5.41, 5.74) is -1.84. The number of ketones is 2. The molecule has 0 fully saturated rings. The maximum absolute atomic E-state index is 14.2. The second-order valence-electron chi connectivity index (χ2n) is 10.9. The summed E-state index contributed by atoms with van der Waals surface area (Å²) in [5, 5.41) is 32.1. The number of Topliss-reactive ketones (excluding diaryl/α,β-unsaturated/α-hetero) is 2. The van der Waals surface area contributed by atoms with Crippen LogP contribution in [0.25, 0.3) is 0 Å². The van der Waals surface area contributed by atoms with Crippen molar-refractivity contribution >= 4 is 35.0 Å². The number of phenolic OH excluding ortho intramolecular Hbond substituents is 1. The number of hydrogen-bond donors (Lipinski definition) is 4. The molecule has 3 unspecified atom stereocenters. The Kier molecular flexibility index (Phi) is 9.01. The largest absolute Gasteiger partial charge is 0.507 e. The average Bonchev–Trinajstić information content (AvgIpc) is 3.59. The number of aliphatic hydroxyl groups is 1. The molecule has 0 saturated heterocycles. The number of aromatic hydroxyl groups is 1. The summed E-state index contributed by atoms with van der Waals surface area (Å²) in [4.78, 5) is 45.4. The maximum atomic E-state index is 14.2. The number of carbonyl (C=O) groups is 3. The molecule has 0 bridgehead atoms. The topological polar surface area (TPSA) is 183 Å². The van der Waals surface area contributed by atoms with Gasteiger partial charge in [0.05, 0.1) is 21.3 Å². The Bertz CT molecular complexity index is 1740. The first kappa shape index (κ1) is 32.4. The van der Waals surface area contributed by atoms with Crippen LogP contribution < -0.4 is 29.6 Å². The van der Waals surface area contributed by atoms with Gasteiger partial charge in [-0.1, -0.05) is 24.6 Å². The van der Waals surface area contributed by atoms with E-state index in [2.05, 4.69) is 20.7 Å². The van der Waals surface area contributed by atoms with Gasteiger partial charge in [0, 0.05) is 56.5 Å². The minimum Gasteiger partial charge on any atom is -0.507 e. The van der Waals surface area contributed by atoms with Gasteiger partial charge in [-0.15, -0.1) is 0 Å². The quantitative estimate of drug-likeness (QED) is 0.221. The summed E-state index contributed by atoms with van der Waals surface area (Å²) in [6.45, 7) is 2.14. The van der Waals surface area contributed by atoms with Crippen molar-refractivity contribution in [2.45, 2.75) is 31.3 Å². The van der Waals surface area contributed by atoms with E-state index in [0.29, 0.717) is 18.1 Å². The molecule has 5 rings (SSSR count). The third kappa shape index (κ3) is 5.42. The van der Waals surface area contributed by atoms with Crippen LogP contribution in [-0.2, 0) is 16.6 Å². The molecule has 0 saturated carbocycles. The molecule has 1 aliphatic carbocycles. The highest BCUT2D eigenvalue weighted by Crippen LogP contribution is 2.56. The van der Waals surface area contributed by atoms with E-state index in [1.165, 1.54) is 51.9 Å². The molecule has 15 heteroatoms. The van der Waals surface area contributed by atoms with Crippen LogP contribution in [0.4, 0.5) is 5.95 Å². The molecule has 4 N–H and O–H groups in total.